The van der Waals surface area contributed by atoms with Crippen LogP contribution in [0.5, 0.6) is 0 Å². The predicted molar refractivity (Wildman–Crippen MR) is 107 cm³/mol. The summed E-state index contributed by atoms with van der Waals surface area (Å²) in [5.74, 6) is 8.16. The van der Waals surface area contributed by atoms with Crippen molar-refractivity contribution < 1.29 is 0 Å². The Morgan fingerprint density at radius 1 is 0.333 bits per heavy atom. The Hall–Kier alpha value is -0.0400. The zero-order chi connectivity index (χ0) is 18.5. The molecule has 2 saturated carbocycles. The highest BCUT2D eigenvalue weighted by atomic mass is 15.2. The molecule has 0 N–H and O–H groups in total. The summed E-state index contributed by atoms with van der Waals surface area (Å²) < 4.78 is 0. The predicted octanol–water partition coefficient (Wildman–Crippen LogP) is 6.04. The van der Waals surface area contributed by atoms with E-state index in [9.17, 15) is 0 Å². The molecule has 0 amide bonds. The number of hydrogen-bond acceptors (Lipinski definition) is 1. The van der Waals surface area contributed by atoms with E-state index in [1.807, 2.05) is 0 Å². The van der Waals surface area contributed by atoms with Gasteiger partial charge in [0.25, 0.3) is 0 Å². The van der Waals surface area contributed by atoms with Gasteiger partial charge in [0.15, 0.2) is 0 Å². The van der Waals surface area contributed by atoms with Gasteiger partial charge in [-0.15, -0.1) is 0 Å². The molecule has 0 aromatic rings. The van der Waals surface area contributed by atoms with Crippen molar-refractivity contribution in [1.29, 1.82) is 0 Å². The van der Waals surface area contributed by atoms with Crippen molar-refractivity contribution in [2.75, 3.05) is 7.05 Å². The van der Waals surface area contributed by atoms with Gasteiger partial charge in [0.2, 0.25) is 0 Å². The first-order chi connectivity index (χ1) is 11.0. The van der Waals surface area contributed by atoms with Crippen LogP contribution in [0.3, 0.4) is 0 Å². The number of hydrogen-bond donors (Lipinski definition) is 0. The SMILES string of the molecule is C[C@@H]1[C@@H](C)[C@@H](C)[C@H](N(C)[C@H]2[C@H](C)[C@H](C)[C@@H](C)[C@@H](C)[C@@H]2C)[C@@H](C)[C@@H]1C. The van der Waals surface area contributed by atoms with E-state index < -0.39 is 0 Å². The normalized spacial score (nSPS) is 56.5. The molecule has 1 nitrogen and oxygen atoms in total. The van der Waals surface area contributed by atoms with E-state index in [-0.39, 0.29) is 0 Å². The third-order valence-corrected chi connectivity index (χ3v) is 9.73. The number of nitrogens with zero attached hydrogens (tertiary/aromatic N) is 1. The molecule has 0 aliphatic heterocycles. The van der Waals surface area contributed by atoms with Crippen LogP contribution in [0.1, 0.15) is 69.2 Å². The van der Waals surface area contributed by atoms with Crippen molar-refractivity contribution in [1.82, 2.24) is 4.90 Å². The van der Waals surface area contributed by atoms with Crippen molar-refractivity contribution >= 4 is 0 Å². The quantitative estimate of drug-likeness (QED) is 0.594. The minimum Gasteiger partial charge on any atom is -0.299 e. The Labute approximate surface area is 153 Å². The van der Waals surface area contributed by atoms with Crippen molar-refractivity contribution in [2.24, 2.45) is 59.2 Å². The summed E-state index contributed by atoms with van der Waals surface area (Å²) in [6, 6.07) is 1.46. The molecule has 12 atom stereocenters. The molecule has 0 spiro atoms. The molecule has 24 heavy (non-hydrogen) atoms. The van der Waals surface area contributed by atoms with Crippen LogP contribution in [0.4, 0.5) is 0 Å². The third kappa shape index (κ3) is 3.08. The molecule has 1 heteroatoms. The molecule has 0 heterocycles. The van der Waals surface area contributed by atoms with Crippen molar-refractivity contribution in [3.05, 3.63) is 0 Å². The lowest BCUT2D eigenvalue weighted by Gasteiger charge is -2.57. The maximum Gasteiger partial charge on any atom is 0.0152 e. The monoisotopic (exact) mass is 335 g/mol. The fourth-order valence-electron chi connectivity index (χ4n) is 6.76. The van der Waals surface area contributed by atoms with Crippen LogP contribution in [0.25, 0.3) is 0 Å². The summed E-state index contributed by atoms with van der Waals surface area (Å²) in [6.07, 6.45) is 0. The summed E-state index contributed by atoms with van der Waals surface area (Å²) in [4.78, 5) is 2.85. The highest BCUT2D eigenvalue weighted by molar-refractivity contribution is 5.00. The average molecular weight is 336 g/mol. The van der Waals surface area contributed by atoms with E-state index in [4.69, 9.17) is 0 Å². The van der Waals surface area contributed by atoms with Gasteiger partial charge < -0.3 is 0 Å². The van der Waals surface area contributed by atoms with Crippen molar-refractivity contribution in [3.8, 4) is 0 Å². The standard InChI is InChI=1S/C23H45N/c1-12-14(3)18(7)22(19(8)15(12)4)24(11)23-20(9)16(5)13(2)17(6)21(23)10/h12-23H,1-11H3/t12-,13-,14-,15-,16-,17-,18-,19+,20-,21+,22+,23+/m1/s1. The van der Waals surface area contributed by atoms with Gasteiger partial charge in [-0.2, -0.15) is 0 Å². The molecule has 2 fully saturated rings. The molecule has 0 saturated heterocycles. The lowest BCUT2D eigenvalue weighted by Crippen LogP contribution is -2.60. The van der Waals surface area contributed by atoms with Gasteiger partial charge in [-0.3, -0.25) is 4.90 Å². The van der Waals surface area contributed by atoms with Crippen LogP contribution in [0, 0.1) is 59.2 Å². The molecule has 0 aromatic carbocycles. The first kappa shape index (κ1) is 20.3. The van der Waals surface area contributed by atoms with E-state index in [1.165, 1.54) is 0 Å². The second kappa shape index (κ2) is 7.29. The highest BCUT2D eigenvalue weighted by Gasteiger charge is 2.49. The molecule has 142 valence electrons. The van der Waals surface area contributed by atoms with Crippen LogP contribution in [0.2, 0.25) is 0 Å². The fraction of sp³-hybridized carbons (Fsp3) is 1.00. The van der Waals surface area contributed by atoms with E-state index in [1.54, 1.807) is 0 Å². The molecule has 0 bridgehead atoms. The van der Waals surface area contributed by atoms with Gasteiger partial charge in [0, 0.05) is 12.1 Å². The first-order valence-corrected chi connectivity index (χ1v) is 10.7. The van der Waals surface area contributed by atoms with Gasteiger partial charge in [0.05, 0.1) is 0 Å². The minimum atomic E-state index is 0.730. The summed E-state index contributed by atoms with van der Waals surface area (Å²) in [5, 5.41) is 0. The van der Waals surface area contributed by atoms with Crippen LogP contribution >= 0.6 is 0 Å². The Morgan fingerprint density at radius 2 is 0.500 bits per heavy atom. The van der Waals surface area contributed by atoms with Crippen LogP contribution in [-0.2, 0) is 0 Å². The van der Waals surface area contributed by atoms with Gasteiger partial charge >= 0.3 is 0 Å². The summed E-state index contributed by atoms with van der Waals surface area (Å²) in [7, 11) is 2.46. The highest BCUT2D eigenvalue weighted by Crippen LogP contribution is 2.48. The lowest BCUT2D eigenvalue weighted by atomic mass is 9.59. The Kier molecular flexibility index (Phi) is 6.16. The van der Waals surface area contributed by atoms with Crippen molar-refractivity contribution in [2.45, 2.75) is 81.3 Å². The first-order valence-electron chi connectivity index (χ1n) is 10.7. The molecular weight excluding hydrogens is 290 g/mol. The molecule has 2 aliphatic rings. The Balaban J connectivity index is 2.30. The smallest absolute Gasteiger partial charge is 0.0152 e. The van der Waals surface area contributed by atoms with Gasteiger partial charge in [0.1, 0.15) is 0 Å². The minimum absolute atomic E-state index is 0.730. The molecule has 0 radical (unpaired) electrons. The average Bonchev–Trinajstić information content (AvgIpc) is 2.55. The number of rotatable bonds is 2. The van der Waals surface area contributed by atoms with Gasteiger partial charge in [-0.25, -0.2) is 0 Å². The lowest BCUT2D eigenvalue weighted by molar-refractivity contribution is -0.0841. The van der Waals surface area contributed by atoms with Gasteiger partial charge in [-0.05, 0) is 66.2 Å². The largest absolute Gasteiger partial charge is 0.299 e. The maximum atomic E-state index is 2.85. The molecule has 0 aromatic heterocycles. The summed E-state index contributed by atoms with van der Waals surface area (Å²) >= 11 is 0. The topological polar surface area (TPSA) is 3.24 Å². The summed E-state index contributed by atoms with van der Waals surface area (Å²) in [6.45, 7) is 25.1. The second-order valence-electron chi connectivity index (χ2n) is 10.2. The third-order valence-electron chi connectivity index (χ3n) is 9.73. The Bertz CT molecular complexity index is 348. The van der Waals surface area contributed by atoms with E-state index in [0.717, 1.165) is 71.3 Å². The summed E-state index contributed by atoms with van der Waals surface area (Å²) in [5.41, 5.74) is 0. The van der Waals surface area contributed by atoms with Crippen LogP contribution in [-0.4, -0.2) is 24.0 Å². The van der Waals surface area contributed by atoms with Crippen molar-refractivity contribution in [3.63, 3.8) is 0 Å². The van der Waals surface area contributed by atoms with E-state index in [0.29, 0.717) is 0 Å². The molecule has 2 rings (SSSR count). The second-order valence-corrected chi connectivity index (χ2v) is 10.2. The maximum absolute atomic E-state index is 2.85. The Morgan fingerprint density at radius 3 is 0.708 bits per heavy atom. The van der Waals surface area contributed by atoms with Crippen LogP contribution in [0.15, 0.2) is 0 Å². The molecule has 0 unspecified atom stereocenters. The zero-order valence-corrected chi connectivity index (χ0v) is 18.4. The molecular formula is C23H45N. The van der Waals surface area contributed by atoms with Crippen LogP contribution < -0.4 is 0 Å². The van der Waals surface area contributed by atoms with Gasteiger partial charge in [-0.1, -0.05) is 69.2 Å². The van der Waals surface area contributed by atoms with E-state index >= 15 is 0 Å². The van der Waals surface area contributed by atoms with E-state index in [2.05, 4.69) is 81.2 Å². The molecule has 2 aliphatic carbocycles. The zero-order valence-electron chi connectivity index (χ0n) is 18.4. The fourth-order valence-corrected chi connectivity index (χ4v) is 6.76.